The van der Waals surface area contributed by atoms with Gasteiger partial charge in [-0.2, -0.15) is 0 Å². The van der Waals surface area contributed by atoms with E-state index in [1.807, 2.05) is 72.6 Å². The van der Waals surface area contributed by atoms with Gasteiger partial charge in [0.1, 0.15) is 11.9 Å². The lowest BCUT2D eigenvalue weighted by atomic mass is 10.1. The second kappa shape index (κ2) is 7.27. The molecule has 1 N–H and O–H groups in total. The van der Waals surface area contributed by atoms with Gasteiger partial charge in [0.05, 0.1) is 0 Å². The number of imidazole rings is 1. The fourth-order valence-electron chi connectivity index (χ4n) is 2.49. The first-order valence-electron chi connectivity index (χ1n) is 7.70. The SMILES string of the molecule is Cc1ccsc1C=CC(=O)NC(c1ccccc1)c1nccn1C. The smallest absolute Gasteiger partial charge is 0.244 e. The first kappa shape index (κ1) is 16.2. The summed E-state index contributed by atoms with van der Waals surface area (Å²) in [4.78, 5) is 17.9. The molecule has 0 spiro atoms. The van der Waals surface area contributed by atoms with Gasteiger partial charge in [-0.15, -0.1) is 11.3 Å². The standard InChI is InChI=1S/C19H19N3OS/c1-14-10-13-24-16(14)8-9-17(23)21-18(15-6-4-3-5-7-15)19-20-11-12-22(19)2/h3-13,18H,1-2H3,(H,21,23). The fraction of sp³-hybridized carbons (Fsp3) is 0.158. The van der Waals surface area contributed by atoms with Crippen molar-refractivity contribution < 1.29 is 4.79 Å². The van der Waals surface area contributed by atoms with Crippen molar-refractivity contribution in [3.63, 3.8) is 0 Å². The number of hydrogen-bond donors (Lipinski definition) is 1. The Morgan fingerprint density at radius 1 is 1.29 bits per heavy atom. The maximum Gasteiger partial charge on any atom is 0.244 e. The summed E-state index contributed by atoms with van der Waals surface area (Å²) in [5.41, 5.74) is 2.17. The Hall–Kier alpha value is -2.66. The molecule has 2 aromatic heterocycles. The minimum Gasteiger partial charge on any atom is -0.339 e. The maximum absolute atomic E-state index is 12.4. The Bertz CT molecular complexity index is 848. The highest BCUT2D eigenvalue weighted by atomic mass is 32.1. The molecule has 0 saturated heterocycles. The van der Waals surface area contributed by atoms with Gasteiger partial charge in [0.25, 0.3) is 0 Å². The number of carbonyl (C=O) groups is 1. The van der Waals surface area contributed by atoms with E-state index in [1.54, 1.807) is 23.6 Å². The quantitative estimate of drug-likeness (QED) is 0.722. The van der Waals surface area contributed by atoms with Gasteiger partial charge >= 0.3 is 0 Å². The predicted octanol–water partition coefficient (Wildman–Crippen LogP) is 3.71. The zero-order chi connectivity index (χ0) is 16.9. The van der Waals surface area contributed by atoms with Crippen LogP contribution < -0.4 is 5.32 Å². The number of hydrogen-bond acceptors (Lipinski definition) is 3. The number of nitrogens with zero attached hydrogens (tertiary/aromatic N) is 2. The number of nitrogens with one attached hydrogen (secondary N) is 1. The van der Waals surface area contributed by atoms with Gasteiger partial charge in [-0.3, -0.25) is 4.79 Å². The molecule has 0 aliphatic carbocycles. The summed E-state index contributed by atoms with van der Waals surface area (Å²) >= 11 is 1.62. The Kier molecular flexibility index (Phi) is 4.91. The average molecular weight is 337 g/mol. The number of carbonyl (C=O) groups excluding carboxylic acids is 1. The minimum absolute atomic E-state index is 0.139. The second-order valence-electron chi connectivity index (χ2n) is 5.55. The molecule has 122 valence electrons. The molecule has 3 aromatic rings. The van der Waals surface area contributed by atoms with Crippen LogP contribution >= 0.6 is 11.3 Å². The van der Waals surface area contributed by atoms with Crippen molar-refractivity contribution in [2.24, 2.45) is 7.05 Å². The number of aryl methyl sites for hydroxylation is 2. The van der Waals surface area contributed by atoms with E-state index in [1.165, 1.54) is 5.56 Å². The summed E-state index contributed by atoms with van der Waals surface area (Å²) in [7, 11) is 1.93. The van der Waals surface area contributed by atoms with Crippen molar-refractivity contribution in [3.05, 3.63) is 82.1 Å². The molecule has 1 atom stereocenters. The minimum atomic E-state index is -0.284. The van der Waals surface area contributed by atoms with Crippen LogP contribution in [0.4, 0.5) is 0 Å². The van der Waals surface area contributed by atoms with Crippen molar-refractivity contribution >= 4 is 23.3 Å². The number of benzene rings is 1. The first-order valence-corrected chi connectivity index (χ1v) is 8.58. The van der Waals surface area contributed by atoms with Gasteiger partial charge in [0.2, 0.25) is 5.91 Å². The van der Waals surface area contributed by atoms with Crippen LogP contribution in [0.3, 0.4) is 0 Å². The van der Waals surface area contributed by atoms with Gasteiger partial charge < -0.3 is 9.88 Å². The maximum atomic E-state index is 12.4. The highest BCUT2D eigenvalue weighted by Gasteiger charge is 2.19. The summed E-state index contributed by atoms with van der Waals surface area (Å²) in [5, 5.41) is 5.08. The van der Waals surface area contributed by atoms with Gasteiger partial charge in [0, 0.05) is 30.4 Å². The van der Waals surface area contributed by atoms with Crippen LogP contribution in [0.5, 0.6) is 0 Å². The van der Waals surface area contributed by atoms with Gasteiger partial charge in [0.15, 0.2) is 0 Å². The van der Waals surface area contributed by atoms with E-state index in [4.69, 9.17) is 0 Å². The molecule has 0 saturated carbocycles. The fourth-order valence-corrected chi connectivity index (χ4v) is 3.31. The molecular formula is C19H19N3OS. The molecule has 0 aliphatic rings. The van der Waals surface area contributed by atoms with Crippen molar-refractivity contribution in [1.82, 2.24) is 14.9 Å². The van der Waals surface area contributed by atoms with E-state index in [0.29, 0.717) is 0 Å². The Morgan fingerprint density at radius 2 is 2.08 bits per heavy atom. The average Bonchev–Trinajstić information content (AvgIpc) is 3.20. The molecule has 1 aromatic carbocycles. The van der Waals surface area contributed by atoms with Crippen LogP contribution in [0.15, 0.2) is 60.2 Å². The molecule has 24 heavy (non-hydrogen) atoms. The van der Waals surface area contributed by atoms with E-state index in [0.717, 1.165) is 16.3 Å². The molecule has 5 heteroatoms. The number of thiophene rings is 1. The first-order chi connectivity index (χ1) is 11.6. The monoisotopic (exact) mass is 337 g/mol. The Labute approximate surface area is 145 Å². The summed E-state index contributed by atoms with van der Waals surface area (Å²) in [6.07, 6.45) is 7.05. The zero-order valence-corrected chi connectivity index (χ0v) is 14.5. The van der Waals surface area contributed by atoms with Crippen molar-refractivity contribution in [2.75, 3.05) is 0 Å². The van der Waals surface area contributed by atoms with Crippen LogP contribution in [0, 0.1) is 6.92 Å². The predicted molar refractivity (Wildman–Crippen MR) is 97.7 cm³/mol. The van der Waals surface area contributed by atoms with E-state index >= 15 is 0 Å². The molecule has 4 nitrogen and oxygen atoms in total. The van der Waals surface area contributed by atoms with E-state index in [-0.39, 0.29) is 11.9 Å². The Morgan fingerprint density at radius 3 is 2.71 bits per heavy atom. The van der Waals surface area contributed by atoms with Gasteiger partial charge in [-0.1, -0.05) is 30.3 Å². The molecule has 3 rings (SSSR count). The molecule has 0 radical (unpaired) electrons. The molecule has 0 aliphatic heterocycles. The van der Waals surface area contributed by atoms with E-state index < -0.39 is 0 Å². The third kappa shape index (κ3) is 3.63. The summed E-state index contributed by atoms with van der Waals surface area (Å²) in [6.45, 7) is 2.04. The second-order valence-corrected chi connectivity index (χ2v) is 6.50. The molecular weight excluding hydrogens is 318 g/mol. The van der Waals surface area contributed by atoms with Crippen LogP contribution in [-0.4, -0.2) is 15.5 Å². The topological polar surface area (TPSA) is 46.9 Å². The lowest BCUT2D eigenvalue weighted by molar-refractivity contribution is -0.117. The number of aromatic nitrogens is 2. The molecule has 2 heterocycles. The van der Waals surface area contributed by atoms with E-state index in [2.05, 4.69) is 10.3 Å². The highest BCUT2D eigenvalue weighted by Crippen LogP contribution is 2.21. The van der Waals surface area contributed by atoms with Crippen molar-refractivity contribution in [1.29, 1.82) is 0 Å². The van der Waals surface area contributed by atoms with Crippen LogP contribution in [0.2, 0.25) is 0 Å². The lowest BCUT2D eigenvalue weighted by Gasteiger charge is -2.18. The van der Waals surface area contributed by atoms with E-state index in [9.17, 15) is 4.79 Å². The third-order valence-corrected chi connectivity index (χ3v) is 4.81. The highest BCUT2D eigenvalue weighted by molar-refractivity contribution is 7.11. The molecule has 0 bridgehead atoms. The normalized spacial score (nSPS) is 12.4. The molecule has 1 amide bonds. The third-order valence-electron chi connectivity index (χ3n) is 3.82. The van der Waals surface area contributed by atoms with Crippen LogP contribution in [-0.2, 0) is 11.8 Å². The van der Waals surface area contributed by atoms with Gasteiger partial charge in [-0.05, 0) is 35.6 Å². The zero-order valence-electron chi connectivity index (χ0n) is 13.6. The summed E-state index contributed by atoms with van der Waals surface area (Å²) in [6, 6.07) is 11.6. The lowest BCUT2D eigenvalue weighted by Crippen LogP contribution is -2.29. The van der Waals surface area contributed by atoms with Crippen molar-refractivity contribution in [3.8, 4) is 0 Å². The van der Waals surface area contributed by atoms with Crippen molar-refractivity contribution in [2.45, 2.75) is 13.0 Å². The van der Waals surface area contributed by atoms with Gasteiger partial charge in [-0.25, -0.2) is 4.98 Å². The Balaban J connectivity index is 1.82. The van der Waals surface area contributed by atoms with Crippen LogP contribution in [0.1, 0.15) is 27.9 Å². The number of rotatable bonds is 5. The summed E-state index contributed by atoms with van der Waals surface area (Å²) in [5.74, 6) is 0.662. The largest absolute Gasteiger partial charge is 0.339 e. The molecule has 1 unspecified atom stereocenters. The molecule has 0 fully saturated rings. The van der Waals surface area contributed by atoms with Crippen LogP contribution in [0.25, 0.3) is 6.08 Å². The summed E-state index contributed by atoms with van der Waals surface area (Å²) < 4.78 is 1.92. The number of amides is 1.